The Hall–Kier alpha value is -3.81. The van der Waals surface area contributed by atoms with Gasteiger partial charge in [0.25, 0.3) is 0 Å². The fourth-order valence-corrected chi connectivity index (χ4v) is 5.17. The summed E-state index contributed by atoms with van der Waals surface area (Å²) in [4.78, 5) is 40.8. The molecule has 176 valence electrons. The number of carboxylic acids is 1. The molecular formula is C26H27N3O5. The summed E-state index contributed by atoms with van der Waals surface area (Å²) in [6.45, 7) is 3.62. The third-order valence-electron chi connectivity index (χ3n) is 6.87. The van der Waals surface area contributed by atoms with Crippen molar-refractivity contribution in [3.8, 4) is 5.75 Å². The van der Waals surface area contributed by atoms with E-state index in [2.05, 4.69) is 4.57 Å². The van der Waals surface area contributed by atoms with Crippen LogP contribution in [0.2, 0.25) is 0 Å². The predicted octanol–water partition coefficient (Wildman–Crippen LogP) is 2.90. The number of benzene rings is 2. The lowest BCUT2D eigenvalue weighted by atomic mass is 9.93. The van der Waals surface area contributed by atoms with Crippen LogP contribution < -0.4 is 4.74 Å². The summed E-state index contributed by atoms with van der Waals surface area (Å²) in [5, 5.41) is 10.2. The number of ether oxygens (including phenoxy) is 1. The standard InChI is InChI=1S/C26H27N3O5/c1-3-10-27-15-24(30)29-14-23-20(12-22(29)25(27)31)19-11-18(34-2)8-9-21(19)28(23)13-16-4-6-17(7-5-16)26(32)33/h4-9,11,22H,3,10,12-15H2,1-2H3,(H,32,33). The summed E-state index contributed by atoms with van der Waals surface area (Å²) in [7, 11) is 1.63. The zero-order valence-corrected chi connectivity index (χ0v) is 19.3. The summed E-state index contributed by atoms with van der Waals surface area (Å²) in [6.07, 6.45) is 1.28. The Labute approximate surface area is 197 Å². The molecule has 0 aliphatic carbocycles. The van der Waals surface area contributed by atoms with Crippen molar-refractivity contribution in [2.75, 3.05) is 20.2 Å². The van der Waals surface area contributed by atoms with Gasteiger partial charge in [-0.2, -0.15) is 0 Å². The summed E-state index contributed by atoms with van der Waals surface area (Å²) < 4.78 is 7.64. The Morgan fingerprint density at radius 1 is 1.12 bits per heavy atom. The number of amides is 2. The molecule has 0 bridgehead atoms. The molecule has 1 atom stereocenters. The van der Waals surface area contributed by atoms with Crippen molar-refractivity contribution in [3.05, 3.63) is 64.8 Å². The van der Waals surface area contributed by atoms with Crippen LogP contribution in [-0.4, -0.2) is 63.5 Å². The summed E-state index contributed by atoms with van der Waals surface area (Å²) >= 11 is 0. The number of hydrogen-bond donors (Lipinski definition) is 1. The van der Waals surface area contributed by atoms with E-state index in [1.165, 1.54) is 0 Å². The highest BCUT2D eigenvalue weighted by Gasteiger charge is 2.43. The normalized spacial score (nSPS) is 17.6. The van der Waals surface area contributed by atoms with Crippen molar-refractivity contribution in [1.82, 2.24) is 14.4 Å². The van der Waals surface area contributed by atoms with Gasteiger partial charge in [0.15, 0.2) is 0 Å². The molecule has 2 aromatic carbocycles. The molecule has 1 unspecified atom stereocenters. The van der Waals surface area contributed by atoms with Crippen LogP contribution in [0.15, 0.2) is 42.5 Å². The molecule has 0 radical (unpaired) electrons. The number of aromatic nitrogens is 1. The number of hydrogen-bond acceptors (Lipinski definition) is 4. The lowest BCUT2D eigenvalue weighted by Crippen LogP contribution is -2.61. The smallest absolute Gasteiger partial charge is 0.335 e. The fraction of sp³-hybridized carbons (Fsp3) is 0.346. The highest BCUT2D eigenvalue weighted by Crippen LogP contribution is 2.37. The van der Waals surface area contributed by atoms with Crippen LogP contribution >= 0.6 is 0 Å². The number of carbonyl (C=O) groups excluding carboxylic acids is 2. The van der Waals surface area contributed by atoms with Crippen LogP contribution in [0, 0.1) is 0 Å². The maximum Gasteiger partial charge on any atom is 0.335 e. The number of aromatic carboxylic acids is 1. The van der Waals surface area contributed by atoms with Crippen LogP contribution in [0.25, 0.3) is 10.9 Å². The molecule has 0 spiro atoms. The quantitative estimate of drug-likeness (QED) is 0.610. The Balaban J connectivity index is 1.59. The van der Waals surface area contributed by atoms with E-state index in [9.17, 15) is 19.5 Å². The van der Waals surface area contributed by atoms with Crippen LogP contribution in [0.3, 0.4) is 0 Å². The first-order valence-corrected chi connectivity index (χ1v) is 11.5. The average molecular weight is 462 g/mol. The van der Waals surface area contributed by atoms with Crippen molar-refractivity contribution in [2.45, 2.75) is 38.9 Å². The zero-order valence-electron chi connectivity index (χ0n) is 19.3. The molecule has 8 heteroatoms. The second-order valence-electron chi connectivity index (χ2n) is 8.90. The largest absolute Gasteiger partial charge is 0.497 e. The van der Waals surface area contributed by atoms with Crippen molar-refractivity contribution in [3.63, 3.8) is 0 Å². The highest BCUT2D eigenvalue weighted by molar-refractivity contribution is 5.97. The minimum absolute atomic E-state index is 0.0140. The summed E-state index contributed by atoms with van der Waals surface area (Å²) in [5.41, 5.74) is 4.27. The average Bonchev–Trinajstić information content (AvgIpc) is 3.14. The van der Waals surface area contributed by atoms with E-state index in [0.717, 1.165) is 39.9 Å². The first-order valence-electron chi connectivity index (χ1n) is 11.5. The zero-order chi connectivity index (χ0) is 24.0. The molecule has 1 fully saturated rings. The van der Waals surface area contributed by atoms with Gasteiger partial charge in [0.2, 0.25) is 11.8 Å². The number of nitrogens with zero attached hydrogens (tertiary/aromatic N) is 3. The molecule has 5 rings (SSSR count). The Kier molecular flexibility index (Phi) is 5.51. The van der Waals surface area contributed by atoms with Gasteiger partial charge in [-0.3, -0.25) is 9.59 Å². The summed E-state index contributed by atoms with van der Waals surface area (Å²) in [6, 6.07) is 12.2. The van der Waals surface area contributed by atoms with E-state index in [4.69, 9.17) is 4.74 Å². The van der Waals surface area contributed by atoms with E-state index in [0.29, 0.717) is 26.1 Å². The van der Waals surface area contributed by atoms with Crippen LogP contribution in [0.4, 0.5) is 0 Å². The second-order valence-corrected chi connectivity index (χ2v) is 8.90. The number of piperazine rings is 1. The van der Waals surface area contributed by atoms with Crippen LogP contribution in [-0.2, 0) is 29.1 Å². The minimum atomic E-state index is -0.959. The van der Waals surface area contributed by atoms with Gasteiger partial charge >= 0.3 is 5.97 Å². The maximum atomic E-state index is 13.2. The third kappa shape index (κ3) is 3.59. The van der Waals surface area contributed by atoms with Crippen LogP contribution in [0.5, 0.6) is 5.75 Å². The molecule has 3 heterocycles. The second kappa shape index (κ2) is 8.52. The number of rotatable bonds is 6. The molecule has 3 aromatic rings. The Morgan fingerprint density at radius 2 is 1.88 bits per heavy atom. The van der Waals surface area contributed by atoms with Gasteiger partial charge in [-0.1, -0.05) is 19.1 Å². The molecule has 1 saturated heterocycles. The first kappa shape index (κ1) is 22.0. The molecule has 34 heavy (non-hydrogen) atoms. The molecule has 2 amide bonds. The van der Waals surface area contributed by atoms with Crippen molar-refractivity contribution in [1.29, 1.82) is 0 Å². The van der Waals surface area contributed by atoms with Gasteiger partial charge in [0, 0.05) is 36.1 Å². The fourth-order valence-electron chi connectivity index (χ4n) is 5.17. The molecule has 0 saturated carbocycles. The molecule has 1 N–H and O–H groups in total. The van der Waals surface area contributed by atoms with Gasteiger partial charge in [-0.25, -0.2) is 4.79 Å². The van der Waals surface area contributed by atoms with Crippen LogP contribution in [0.1, 0.15) is 40.5 Å². The molecule has 8 nitrogen and oxygen atoms in total. The minimum Gasteiger partial charge on any atom is -0.497 e. The van der Waals surface area contributed by atoms with E-state index in [1.54, 1.807) is 29.0 Å². The topological polar surface area (TPSA) is 92.1 Å². The van der Waals surface area contributed by atoms with Gasteiger partial charge in [0.05, 0.1) is 25.8 Å². The maximum absolute atomic E-state index is 13.2. The lowest BCUT2D eigenvalue weighted by Gasteiger charge is -2.43. The van der Waals surface area contributed by atoms with E-state index < -0.39 is 12.0 Å². The number of carbonyl (C=O) groups is 3. The van der Waals surface area contributed by atoms with Crippen molar-refractivity contribution >= 4 is 28.7 Å². The number of methoxy groups -OCH3 is 1. The predicted molar refractivity (Wildman–Crippen MR) is 126 cm³/mol. The van der Waals surface area contributed by atoms with Gasteiger partial charge in [-0.05, 0) is 47.9 Å². The van der Waals surface area contributed by atoms with E-state index >= 15 is 0 Å². The number of fused-ring (bicyclic) bond motifs is 4. The van der Waals surface area contributed by atoms with Gasteiger partial charge in [-0.15, -0.1) is 0 Å². The van der Waals surface area contributed by atoms with E-state index in [-0.39, 0.29) is 23.9 Å². The van der Waals surface area contributed by atoms with E-state index in [1.807, 2.05) is 37.3 Å². The lowest BCUT2D eigenvalue weighted by molar-refractivity contribution is -0.157. The SMILES string of the molecule is CCCN1CC(=O)N2Cc3c(c4cc(OC)ccc4n3Cc3ccc(C(=O)O)cc3)CC2C1=O. The summed E-state index contributed by atoms with van der Waals surface area (Å²) in [5.74, 6) is -0.234. The monoisotopic (exact) mass is 461 g/mol. The molecule has 2 aliphatic rings. The molecule has 2 aliphatic heterocycles. The highest BCUT2D eigenvalue weighted by atomic mass is 16.5. The molecule has 1 aromatic heterocycles. The van der Waals surface area contributed by atoms with Crippen molar-refractivity contribution in [2.24, 2.45) is 0 Å². The Bertz CT molecular complexity index is 1290. The first-order chi connectivity index (χ1) is 16.4. The van der Waals surface area contributed by atoms with Gasteiger partial charge in [0.1, 0.15) is 11.8 Å². The molecular weight excluding hydrogens is 434 g/mol. The number of carboxylic acid groups (broad SMARTS) is 1. The van der Waals surface area contributed by atoms with Crippen molar-refractivity contribution < 1.29 is 24.2 Å². The van der Waals surface area contributed by atoms with Gasteiger partial charge < -0.3 is 24.2 Å². The third-order valence-corrected chi connectivity index (χ3v) is 6.87. The Morgan fingerprint density at radius 3 is 2.56 bits per heavy atom.